The van der Waals surface area contributed by atoms with E-state index in [2.05, 4.69) is 181 Å². The fourth-order valence-electron chi connectivity index (χ4n) is 9.91. The van der Waals surface area contributed by atoms with E-state index in [1.165, 1.54) is 22.3 Å². The number of pyridine rings is 1. The average Bonchev–Trinajstić information content (AvgIpc) is 4.16. The first-order valence-electron chi connectivity index (χ1n) is 22.6. The summed E-state index contributed by atoms with van der Waals surface area (Å²) in [7, 11) is 0. The lowest BCUT2D eigenvalue weighted by Gasteiger charge is -2.10. The number of fused-ring (bicyclic) bond motifs is 10. The lowest BCUT2D eigenvalue weighted by Crippen LogP contribution is -1.98. The summed E-state index contributed by atoms with van der Waals surface area (Å²) >= 11 is 0. The highest BCUT2D eigenvalue weighted by Gasteiger charge is 2.21. The molecule has 9 nitrogen and oxygen atoms in total. The molecule has 0 aliphatic rings. The van der Waals surface area contributed by atoms with Crippen molar-refractivity contribution in [3.8, 4) is 67.3 Å². The van der Waals surface area contributed by atoms with Crippen LogP contribution in [0.4, 0.5) is 0 Å². The predicted octanol–water partition coefficient (Wildman–Crippen LogP) is 13.7. The maximum absolute atomic E-state index is 5.17. The molecule has 0 aliphatic heterocycles. The molecule has 0 spiro atoms. The molecule has 0 saturated carbocycles. The number of imidazole rings is 4. The van der Waals surface area contributed by atoms with E-state index in [4.69, 9.17) is 19.9 Å². The number of nitrogens with zero attached hydrogens (tertiary/aromatic N) is 9. The normalized spacial score (nSPS) is 11.8. The number of hydrogen-bond acceptors (Lipinski definition) is 5. The lowest BCUT2D eigenvalue weighted by molar-refractivity contribution is 1.05. The molecule has 0 atom stereocenters. The molecule has 0 fully saturated rings. The third kappa shape index (κ3) is 5.99. The first-order chi connectivity index (χ1) is 33.7. The van der Waals surface area contributed by atoms with Crippen LogP contribution >= 0.6 is 0 Å². The summed E-state index contributed by atoms with van der Waals surface area (Å²) in [6, 6.07) is 70.6. The quantitative estimate of drug-likeness (QED) is 0.159. The smallest absolute Gasteiger partial charge is 0.220 e. The largest absolute Gasteiger partial charge is 0.278 e. The van der Waals surface area contributed by atoms with Crippen molar-refractivity contribution in [2.45, 2.75) is 0 Å². The summed E-state index contributed by atoms with van der Waals surface area (Å²) in [6.07, 6.45) is 7.45. The van der Waals surface area contributed by atoms with E-state index in [1.54, 1.807) is 0 Å². The van der Waals surface area contributed by atoms with Crippen molar-refractivity contribution < 1.29 is 0 Å². The Balaban J connectivity index is 0.859. The Bertz CT molecular complexity index is 4220. The van der Waals surface area contributed by atoms with Gasteiger partial charge >= 0.3 is 0 Å². The Labute approximate surface area is 389 Å². The third-order valence-electron chi connectivity index (χ3n) is 13.2. The molecule has 8 aromatic carbocycles. The second kappa shape index (κ2) is 15.0. The van der Waals surface area contributed by atoms with Crippen LogP contribution in [0.25, 0.3) is 123 Å². The SMILES string of the molecule is c1ccc(-c2ccc(-c3cccc(-c4ccc(-n5c6ccc(-c7ccc8c(c7)n7c9ccccc9nc7n8-c7cnc(-c8ccccc8)nc7)cc6n6c7ccncc7nc56)cc4)c3)cc2)cc1. The summed E-state index contributed by atoms with van der Waals surface area (Å²) in [5, 5.41) is 0. The minimum atomic E-state index is 0.679. The van der Waals surface area contributed by atoms with Crippen molar-refractivity contribution >= 4 is 55.7 Å². The van der Waals surface area contributed by atoms with Crippen LogP contribution in [-0.4, -0.2) is 42.9 Å². The van der Waals surface area contributed by atoms with Crippen molar-refractivity contribution in [1.29, 1.82) is 0 Å². The number of aromatic nitrogens is 9. The van der Waals surface area contributed by atoms with Gasteiger partial charge in [0.25, 0.3) is 0 Å². The van der Waals surface area contributed by atoms with Crippen LogP contribution in [0.3, 0.4) is 0 Å². The Morgan fingerprint density at radius 1 is 0.294 bits per heavy atom. The number of rotatable bonds is 7. The minimum absolute atomic E-state index is 0.679. The summed E-state index contributed by atoms with van der Waals surface area (Å²) in [4.78, 5) is 24.3. The van der Waals surface area contributed by atoms with E-state index in [0.29, 0.717) is 5.82 Å². The van der Waals surface area contributed by atoms with Gasteiger partial charge in [0.2, 0.25) is 11.6 Å². The van der Waals surface area contributed by atoms with E-state index in [0.717, 1.165) is 94.9 Å². The van der Waals surface area contributed by atoms with Crippen LogP contribution in [0.1, 0.15) is 0 Å². The highest BCUT2D eigenvalue weighted by atomic mass is 15.2. The molecule has 14 rings (SSSR count). The van der Waals surface area contributed by atoms with Gasteiger partial charge in [-0.2, -0.15) is 0 Å². The monoisotopic (exact) mass is 871 g/mol. The van der Waals surface area contributed by atoms with Gasteiger partial charge in [-0.05, 0) is 105 Å². The maximum Gasteiger partial charge on any atom is 0.220 e. The summed E-state index contributed by atoms with van der Waals surface area (Å²) in [6.45, 7) is 0. The zero-order valence-corrected chi connectivity index (χ0v) is 36.4. The van der Waals surface area contributed by atoms with Gasteiger partial charge in [-0.3, -0.25) is 22.9 Å². The molecule has 0 N–H and O–H groups in total. The van der Waals surface area contributed by atoms with Gasteiger partial charge < -0.3 is 0 Å². The van der Waals surface area contributed by atoms with Crippen LogP contribution in [0.5, 0.6) is 0 Å². The number of para-hydroxylation sites is 2. The van der Waals surface area contributed by atoms with Crippen LogP contribution in [0.15, 0.2) is 225 Å². The van der Waals surface area contributed by atoms with Gasteiger partial charge in [-0.25, -0.2) is 19.9 Å². The second-order valence-corrected chi connectivity index (χ2v) is 17.1. The molecule has 0 saturated heterocycles. The van der Waals surface area contributed by atoms with Crippen molar-refractivity contribution in [2.75, 3.05) is 0 Å². The van der Waals surface area contributed by atoms with E-state index in [-0.39, 0.29) is 0 Å². The molecule has 6 heterocycles. The zero-order valence-electron chi connectivity index (χ0n) is 36.4. The Morgan fingerprint density at radius 2 is 0.765 bits per heavy atom. The fourth-order valence-corrected chi connectivity index (χ4v) is 9.91. The van der Waals surface area contributed by atoms with Crippen LogP contribution in [-0.2, 0) is 0 Å². The highest BCUT2D eigenvalue weighted by molar-refractivity contribution is 5.97. The molecule has 0 amide bonds. The average molecular weight is 872 g/mol. The van der Waals surface area contributed by atoms with Gasteiger partial charge in [-0.15, -0.1) is 0 Å². The zero-order chi connectivity index (χ0) is 44.7. The molecule has 9 heteroatoms. The standard InChI is InChI=1S/C59H37N9/c1-3-10-38(11-4-1)39-18-20-40(21-19-39)43-14-9-15-44(32-43)41-22-26-47(27-23-41)65-53-28-24-45(33-55(53)68-52-30-31-60-37-50(52)64-59(65)68)46-25-29-54-56(34-46)67-51-17-8-7-16-49(51)63-58(67)66(54)48-35-61-57(62-36-48)42-12-5-2-6-13-42/h1-37H. The van der Waals surface area contributed by atoms with Gasteiger partial charge in [0, 0.05) is 17.4 Å². The van der Waals surface area contributed by atoms with Crippen LogP contribution in [0.2, 0.25) is 0 Å². The third-order valence-corrected chi connectivity index (χ3v) is 13.2. The lowest BCUT2D eigenvalue weighted by atomic mass is 9.97. The number of benzene rings is 8. The molecule has 0 aliphatic carbocycles. The molecule has 6 aromatic heterocycles. The van der Waals surface area contributed by atoms with Gasteiger partial charge in [0.15, 0.2) is 5.82 Å². The van der Waals surface area contributed by atoms with Gasteiger partial charge in [-0.1, -0.05) is 140 Å². The summed E-state index contributed by atoms with van der Waals surface area (Å²) in [5.74, 6) is 2.31. The second-order valence-electron chi connectivity index (χ2n) is 17.1. The molecule has 318 valence electrons. The molecule has 14 aromatic rings. The molecular formula is C59H37N9. The van der Waals surface area contributed by atoms with Gasteiger partial charge in [0.1, 0.15) is 5.52 Å². The van der Waals surface area contributed by atoms with Crippen molar-refractivity contribution in [3.63, 3.8) is 0 Å². The number of hydrogen-bond donors (Lipinski definition) is 0. The Kier molecular flexibility index (Phi) is 8.38. The maximum atomic E-state index is 5.17. The first kappa shape index (κ1) is 37.9. The fraction of sp³-hybridized carbons (Fsp3) is 0. The minimum Gasteiger partial charge on any atom is -0.278 e. The van der Waals surface area contributed by atoms with Crippen molar-refractivity contribution in [2.24, 2.45) is 0 Å². The Hall–Kier alpha value is -9.47. The predicted molar refractivity (Wildman–Crippen MR) is 273 cm³/mol. The molecule has 0 radical (unpaired) electrons. The molecule has 0 unspecified atom stereocenters. The van der Waals surface area contributed by atoms with Crippen LogP contribution in [0, 0.1) is 0 Å². The summed E-state index contributed by atoms with van der Waals surface area (Å²) in [5.41, 5.74) is 20.0. The van der Waals surface area contributed by atoms with Crippen molar-refractivity contribution in [3.05, 3.63) is 225 Å². The Morgan fingerprint density at radius 3 is 1.41 bits per heavy atom. The molecule has 68 heavy (non-hydrogen) atoms. The molecule has 0 bridgehead atoms. The van der Waals surface area contributed by atoms with Crippen LogP contribution < -0.4 is 0 Å². The van der Waals surface area contributed by atoms with E-state index in [9.17, 15) is 0 Å². The topological polar surface area (TPSA) is 83.1 Å². The summed E-state index contributed by atoms with van der Waals surface area (Å²) < 4.78 is 8.90. The van der Waals surface area contributed by atoms with Gasteiger partial charge in [0.05, 0.1) is 62.9 Å². The highest BCUT2D eigenvalue weighted by Crippen LogP contribution is 2.37. The van der Waals surface area contributed by atoms with Crippen molar-refractivity contribution in [1.82, 2.24) is 42.9 Å². The van der Waals surface area contributed by atoms with E-state index < -0.39 is 0 Å². The van der Waals surface area contributed by atoms with E-state index in [1.807, 2.05) is 67.3 Å². The van der Waals surface area contributed by atoms with E-state index >= 15 is 0 Å². The first-order valence-corrected chi connectivity index (χ1v) is 22.6. The molecular weight excluding hydrogens is 835 g/mol.